The van der Waals surface area contributed by atoms with Crippen LogP contribution in [0.25, 0.3) is 0 Å². The van der Waals surface area contributed by atoms with Crippen molar-refractivity contribution in [1.82, 2.24) is 5.32 Å². The standard InChI is InChI=1S/C12H15N3O3S2/c13-10(16)9-7-3-4-18-5-8(7)20-11(9)15(19)12(17)14-6-1-2-6/h6,19H,1-5H2,(H2,13,16)(H,14,17). The Labute approximate surface area is 125 Å². The van der Waals surface area contributed by atoms with Crippen molar-refractivity contribution in [2.75, 3.05) is 10.9 Å². The number of thiophene rings is 1. The fraction of sp³-hybridized carbons (Fsp3) is 0.500. The maximum absolute atomic E-state index is 12.0. The van der Waals surface area contributed by atoms with Gasteiger partial charge in [-0.15, -0.1) is 11.3 Å². The lowest BCUT2D eigenvalue weighted by Gasteiger charge is -2.16. The molecule has 6 nitrogen and oxygen atoms in total. The van der Waals surface area contributed by atoms with Gasteiger partial charge in [0.1, 0.15) is 5.00 Å². The van der Waals surface area contributed by atoms with E-state index < -0.39 is 5.91 Å². The number of nitrogens with zero attached hydrogens (tertiary/aromatic N) is 1. The first-order valence-corrected chi connectivity index (χ1v) is 7.61. The zero-order valence-electron chi connectivity index (χ0n) is 10.7. The van der Waals surface area contributed by atoms with Gasteiger partial charge in [0, 0.05) is 10.9 Å². The van der Waals surface area contributed by atoms with Crippen LogP contribution in [0.3, 0.4) is 0 Å². The Bertz CT molecular complexity index is 569. The van der Waals surface area contributed by atoms with Gasteiger partial charge in [-0.25, -0.2) is 9.10 Å². The van der Waals surface area contributed by atoms with Crippen molar-refractivity contribution in [3.63, 3.8) is 0 Å². The van der Waals surface area contributed by atoms with Gasteiger partial charge in [-0.3, -0.25) is 4.79 Å². The third-order valence-corrected chi connectivity index (χ3v) is 5.05. The van der Waals surface area contributed by atoms with Crippen LogP contribution in [0.4, 0.5) is 9.80 Å². The number of nitrogens with one attached hydrogen (secondary N) is 1. The number of fused-ring (bicyclic) bond motifs is 1. The van der Waals surface area contributed by atoms with Gasteiger partial charge in [0.15, 0.2) is 0 Å². The zero-order valence-corrected chi connectivity index (χ0v) is 12.4. The van der Waals surface area contributed by atoms with E-state index in [1.807, 2.05) is 0 Å². The van der Waals surface area contributed by atoms with Crippen LogP contribution in [0.1, 0.15) is 33.6 Å². The summed E-state index contributed by atoms with van der Waals surface area (Å²) in [5, 5.41) is 3.31. The summed E-state index contributed by atoms with van der Waals surface area (Å²) in [6.45, 7) is 1.01. The number of ether oxygens (including phenoxy) is 1. The van der Waals surface area contributed by atoms with E-state index in [-0.39, 0.29) is 12.1 Å². The average molecular weight is 313 g/mol. The molecule has 1 aromatic rings. The minimum absolute atomic E-state index is 0.229. The Kier molecular flexibility index (Phi) is 3.61. The van der Waals surface area contributed by atoms with Gasteiger partial charge in [0.2, 0.25) is 0 Å². The van der Waals surface area contributed by atoms with Crippen LogP contribution in [0, 0.1) is 0 Å². The number of rotatable bonds is 3. The predicted octanol–water partition coefficient (Wildman–Crippen LogP) is 1.44. The molecule has 1 aliphatic heterocycles. The first-order chi connectivity index (χ1) is 9.58. The summed E-state index contributed by atoms with van der Waals surface area (Å²) in [7, 11) is 0. The number of hydrogen-bond donors (Lipinski definition) is 3. The SMILES string of the molecule is NC(=O)c1c(N(S)C(=O)NC2CC2)sc2c1CCOC2. The van der Waals surface area contributed by atoms with Gasteiger partial charge in [0.05, 0.1) is 18.8 Å². The molecule has 20 heavy (non-hydrogen) atoms. The third kappa shape index (κ3) is 2.50. The fourth-order valence-electron chi connectivity index (χ4n) is 2.18. The van der Waals surface area contributed by atoms with E-state index >= 15 is 0 Å². The van der Waals surface area contributed by atoms with Crippen LogP contribution < -0.4 is 15.4 Å². The first kappa shape index (κ1) is 13.7. The molecule has 1 aliphatic carbocycles. The second kappa shape index (κ2) is 5.27. The smallest absolute Gasteiger partial charge is 0.332 e. The Morgan fingerprint density at radius 2 is 2.20 bits per heavy atom. The molecule has 108 valence electrons. The van der Waals surface area contributed by atoms with Crippen molar-refractivity contribution in [2.24, 2.45) is 5.73 Å². The number of carbonyl (C=O) groups excluding carboxylic acids is 2. The minimum Gasteiger partial charge on any atom is -0.376 e. The van der Waals surface area contributed by atoms with Crippen molar-refractivity contribution in [3.8, 4) is 0 Å². The molecule has 0 atom stereocenters. The molecule has 2 heterocycles. The summed E-state index contributed by atoms with van der Waals surface area (Å²) in [4.78, 5) is 24.7. The molecule has 1 aromatic heterocycles. The Hall–Kier alpha value is -1.25. The molecule has 0 radical (unpaired) electrons. The summed E-state index contributed by atoms with van der Waals surface area (Å²) >= 11 is 5.56. The third-order valence-electron chi connectivity index (χ3n) is 3.34. The molecule has 3 amide bonds. The van der Waals surface area contributed by atoms with Gasteiger partial charge < -0.3 is 15.8 Å². The van der Waals surface area contributed by atoms with Crippen LogP contribution in [0.2, 0.25) is 0 Å². The molecule has 3 N–H and O–H groups in total. The Morgan fingerprint density at radius 3 is 2.85 bits per heavy atom. The summed E-state index contributed by atoms with van der Waals surface area (Å²) in [5.74, 6) is -0.530. The van der Waals surface area contributed by atoms with Crippen LogP contribution in [0.5, 0.6) is 0 Å². The van der Waals surface area contributed by atoms with Crippen molar-refractivity contribution in [1.29, 1.82) is 0 Å². The molecule has 3 rings (SSSR count). The second-order valence-electron chi connectivity index (χ2n) is 4.89. The highest BCUT2D eigenvalue weighted by Crippen LogP contribution is 2.39. The van der Waals surface area contributed by atoms with Crippen molar-refractivity contribution in [3.05, 3.63) is 16.0 Å². The van der Waals surface area contributed by atoms with Crippen molar-refractivity contribution in [2.45, 2.75) is 31.9 Å². The number of hydrogen-bond acceptors (Lipinski definition) is 5. The van der Waals surface area contributed by atoms with E-state index in [9.17, 15) is 9.59 Å². The molecule has 0 unspecified atom stereocenters. The molecule has 0 bridgehead atoms. The number of primary amides is 1. The molecule has 2 aliphatic rings. The van der Waals surface area contributed by atoms with Gasteiger partial charge in [-0.1, -0.05) is 12.8 Å². The van der Waals surface area contributed by atoms with E-state index in [2.05, 4.69) is 18.1 Å². The summed E-state index contributed by atoms with van der Waals surface area (Å²) in [6, 6.07) is -0.0926. The fourth-order valence-corrected chi connectivity index (χ4v) is 3.66. The van der Waals surface area contributed by atoms with E-state index in [4.69, 9.17) is 10.5 Å². The molecule has 0 saturated heterocycles. The number of amides is 3. The highest BCUT2D eigenvalue weighted by Gasteiger charge is 2.31. The lowest BCUT2D eigenvalue weighted by atomic mass is 10.1. The number of carbonyl (C=O) groups is 2. The Morgan fingerprint density at radius 1 is 1.45 bits per heavy atom. The largest absolute Gasteiger partial charge is 0.376 e. The monoisotopic (exact) mass is 313 g/mol. The number of thiol groups is 1. The number of nitrogens with two attached hydrogens (primary N) is 1. The van der Waals surface area contributed by atoms with E-state index in [1.165, 1.54) is 15.6 Å². The van der Waals surface area contributed by atoms with Gasteiger partial charge >= 0.3 is 6.03 Å². The highest BCUT2D eigenvalue weighted by atomic mass is 32.1. The molecule has 1 saturated carbocycles. The highest BCUT2D eigenvalue weighted by molar-refractivity contribution is 7.83. The summed E-state index contributed by atoms with van der Waals surface area (Å²) in [6.07, 6.45) is 2.62. The predicted molar refractivity (Wildman–Crippen MR) is 79.2 cm³/mol. The molecule has 0 aromatic carbocycles. The average Bonchev–Trinajstić information content (AvgIpc) is 3.14. The quantitative estimate of drug-likeness (QED) is 0.738. The van der Waals surface area contributed by atoms with Gasteiger partial charge in [0.25, 0.3) is 5.91 Å². The maximum Gasteiger partial charge on any atom is 0.332 e. The van der Waals surface area contributed by atoms with E-state index in [1.54, 1.807) is 0 Å². The molecular formula is C12H15N3O3S2. The van der Waals surface area contributed by atoms with E-state index in [0.29, 0.717) is 30.2 Å². The maximum atomic E-state index is 12.0. The van der Waals surface area contributed by atoms with Crippen LogP contribution in [0.15, 0.2) is 0 Å². The second-order valence-corrected chi connectivity index (χ2v) is 6.37. The summed E-state index contributed by atoms with van der Waals surface area (Å²) in [5.41, 5.74) is 6.76. The molecule has 0 spiro atoms. The van der Waals surface area contributed by atoms with Crippen LogP contribution in [-0.4, -0.2) is 24.6 Å². The minimum atomic E-state index is -0.530. The van der Waals surface area contributed by atoms with Crippen LogP contribution in [-0.2, 0) is 17.8 Å². The first-order valence-electron chi connectivity index (χ1n) is 6.39. The van der Waals surface area contributed by atoms with Crippen LogP contribution >= 0.6 is 24.2 Å². The van der Waals surface area contributed by atoms with Gasteiger partial charge in [-0.05, 0) is 24.8 Å². The number of urea groups is 1. The van der Waals surface area contributed by atoms with Crippen molar-refractivity contribution < 1.29 is 14.3 Å². The Balaban J connectivity index is 1.92. The topological polar surface area (TPSA) is 84.7 Å². The molecular weight excluding hydrogens is 298 g/mol. The molecule has 8 heteroatoms. The lowest BCUT2D eigenvalue weighted by molar-refractivity contribution is 0.0991. The van der Waals surface area contributed by atoms with E-state index in [0.717, 1.165) is 23.3 Å². The molecule has 1 fully saturated rings. The number of anilines is 1. The lowest BCUT2D eigenvalue weighted by Crippen LogP contribution is -2.36. The van der Waals surface area contributed by atoms with Crippen molar-refractivity contribution >= 4 is 41.1 Å². The zero-order chi connectivity index (χ0) is 14.3. The summed E-state index contributed by atoms with van der Waals surface area (Å²) < 4.78 is 6.56. The van der Waals surface area contributed by atoms with Gasteiger partial charge in [-0.2, -0.15) is 0 Å². The normalized spacial score (nSPS) is 17.4.